The number of carbonyl (C=O) groups excluding carboxylic acids is 2. The third-order valence-electron chi connectivity index (χ3n) is 2.56. The Labute approximate surface area is 120 Å². The number of hydrogen-bond donors (Lipinski definition) is 3. The molecule has 1 atom stereocenters. The van der Waals surface area contributed by atoms with Crippen LogP contribution in [0.15, 0.2) is 29.7 Å². The van der Waals surface area contributed by atoms with Crippen LogP contribution in [0.1, 0.15) is 23.0 Å². The molecule has 2 amide bonds. The number of hydrogen-bond acceptors (Lipinski definition) is 4. The highest BCUT2D eigenvalue weighted by Gasteiger charge is 2.21. The van der Waals surface area contributed by atoms with Crippen molar-refractivity contribution in [2.24, 2.45) is 0 Å². The summed E-state index contributed by atoms with van der Waals surface area (Å²) in [5.74, 6) is -2.10. The maximum atomic E-state index is 11.7. The van der Waals surface area contributed by atoms with Crippen LogP contribution in [0, 0.1) is 0 Å². The third-order valence-corrected chi connectivity index (χ3v) is 3.43. The molecular weight excluding hydrogens is 280 g/mol. The first-order valence-electron chi connectivity index (χ1n) is 5.98. The van der Waals surface area contributed by atoms with Crippen molar-refractivity contribution in [3.63, 3.8) is 0 Å². The zero-order valence-electron chi connectivity index (χ0n) is 11.0. The smallest absolute Gasteiger partial charge is 0.328 e. The Hall–Kier alpha value is -2.15. The van der Waals surface area contributed by atoms with Crippen molar-refractivity contribution in [2.75, 3.05) is 6.54 Å². The second kappa shape index (κ2) is 7.44. The maximum absolute atomic E-state index is 11.7. The second-order valence-electron chi connectivity index (χ2n) is 4.01. The lowest BCUT2D eigenvalue weighted by atomic mass is 10.2. The molecule has 1 aromatic rings. The number of amides is 2. The Morgan fingerprint density at radius 3 is 2.65 bits per heavy atom. The highest BCUT2D eigenvalue weighted by molar-refractivity contribution is 7.12. The molecule has 1 unspecified atom stereocenters. The minimum absolute atomic E-state index is 0.186. The molecule has 0 aliphatic heterocycles. The summed E-state index contributed by atoms with van der Waals surface area (Å²) in [4.78, 5) is 34.8. The highest BCUT2D eigenvalue weighted by Crippen LogP contribution is 2.07. The molecule has 0 spiro atoms. The Morgan fingerprint density at radius 2 is 2.15 bits per heavy atom. The Bertz CT molecular complexity index is 510. The molecule has 6 nitrogen and oxygen atoms in total. The summed E-state index contributed by atoms with van der Waals surface area (Å²) in [6.07, 6.45) is 0.430. The van der Waals surface area contributed by atoms with Crippen LogP contribution >= 0.6 is 11.3 Å². The molecule has 0 bridgehead atoms. The van der Waals surface area contributed by atoms with Crippen LogP contribution in [-0.2, 0) is 9.59 Å². The minimum atomic E-state index is -1.21. The standard InChI is InChI=1S/C13H16N2O4S/c1-3-8(2)11(16)15-9(13(18)19)7-14-12(17)10-5-4-6-20-10/h4-6,9H,2-3,7H2,1H3,(H,14,17)(H,15,16)(H,18,19). The van der Waals surface area contributed by atoms with Gasteiger partial charge in [-0.3, -0.25) is 9.59 Å². The van der Waals surface area contributed by atoms with Gasteiger partial charge in [-0.15, -0.1) is 11.3 Å². The van der Waals surface area contributed by atoms with Gasteiger partial charge in [-0.05, 0) is 17.9 Å². The Balaban J connectivity index is 2.56. The number of carboxylic acid groups (broad SMARTS) is 1. The molecule has 0 aromatic carbocycles. The van der Waals surface area contributed by atoms with Gasteiger partial charge in [0.2, 0.25) is 5.91 Å². The van der Waals surface area contributed by atoms with Crippen LogP contribution < -0.4 is 10.6 Å². The maximum Gasteiger partial charge on any atom is 0.328 e. The molecule has 108 valence electrons. The van der Waals surface area contributed by atoms with Crippen LogP contribution in [0.4, 0.5) is 0 Å². The fraction of sp³-hybridized carbons (Fsp3) is 0.308. The monoisotopic (exact) mass is 296 g/mol. The average molecular weight is 296 g/mol. The molecule has 0 saturated heterocycles. The van der Waals surface area contributed by atoms with Crippen molar-refractivity contribution in [2.45, 2.75) is 19.4 Å². The molecule has 1 rings (SSSR count). The number of nitrogens with one attached hydrogen (secondary N) is 2. The second-order valence-corrected chi connectivity index (χ2v) is 4.96. The van der Waals surface area contributed by atoms with Gasteiger partial charge >= 0.3 is 5.97 Å². The molecule has 0 fully saturated rings. The summed E-state index contributed by atoms with van der Waals surface area (Å²) >= 11 is 1.25. The van der Waals surface area contributed by atoms with Crippen molar-refractivity contribution in [1.82, 2.24) is 10.6 Å². The molecule has 1 aromatic heterocycles. The molecule has 7 heteroatoms. The van der Waals surface area contributed by atoms with Gasteiger partial charge in [0.05, 0.1) is 4.88 Å². The molecule has 20 heavy (non-hydrogen) atoms. The largest absolute Gasteiger partial charge is 0.480 e. The van der Waals surface area contributed by atoms with Gasteiger partial charge in [-0.25, -0.2) is 4.79 Å². The summed E-state index contributed by atoms with van der Waals surface area (Å²) < 4.78 is 0. The van der Waals surface area contributed by atoms with E-state index in [0.29, 0.717) is 16.9 Å². The number of rotatable bonds is 7. The topological polar surface area (TPSA) is 95.5 Å². The summed E-state index contributed by atoms with van der Waals surface area (Å²) in [6, 6.07) is 2.17. The Morgan fingerprint density at radius 1 is 1.45 bits per heavy atom. The normalized spacial score (nSPS) is 11.4. The summed E-state index contributed by atoms with van der Waals surface area (Å²) in [6.45, 7) is 5.09. The van der Waals surface area contributed by atoms with Crippen molar-refractivity contribution in [3.05, 3.63) is 34.5 Å². The van der Waals surface area contributed by atoms with Gasteiger partial charge in [-0.1, -0.05) is 19.6 Å². The first kappa shape index (κ1) is 15.9. The van der Waals surface area contributed by atoms with Gasteiger partial charge in [0.1, 0.15) is 6.04 Å². The summed E-state index contributed by atoms with van der Waals surface area (Å²) in [7, 11) is 0. The first-order valence-corrected chi connectivity index (χ1v) is 6.86. The average Bonchev–Trinajstić information content (AvgIpc) is 2.95. The SMILES string of the molecule is C=C(CC)C(=O)NC(CNC(=O)c1cccs1)C(=O)O. The van der Waals surface area contributed by atoms with Crippen LogP contribution in [0.25, 0.3) is 0 Å². The molecule has 0 aliphatic rings. The fourth-order valence-electron chi connectivity index (χ4n) is 1.31. The van der Waals surface area contributed by atoms with Crippen molar-refractivity contribution in [1.29, 1.82) is 0 Å². The summed E-state index contributed by atoms with van der Waals surface area (Å²) in [5, 5.41) is 15.6. The molecule has 3 N–H and O–H groups in total. The molecular formula is C13H16N2O4S. The lowest BCUT2D eigenvalue weighted by molar-refractivity contribution is -0.141. The number of thiophene rings is 1. The van der Waals surface area contributed by atoms with Crippen molar-refractivity contribution >= 4 is 29.1 Å². The molecule has 0 aliphatic carbocycles. The minimum Gasteiger partial charge on any atom is -0.480 e. The highest BCUT2D eigenvalue weighted by atomic mass is 32.1. The zero-order chi connectivity index (χ0) is 15.1. The van der Waals surface area contributed by atoms with E-state index in [1.54, 1.807) is 24.4 Å². The van der Waals surface area contributed by atoms with E-state index in [2.05, 4.69) is 17.2 Å². The molecule has 1 heterocycles. The third kappa shape index (κ3) is 4.51. The van der Waals surface area contributed by atoms with Crippen LogP contribution in [-0.4, -0.2) is 35.5 Å². The van der Waals surface area contributed by atoms with E-state index in [0.717, 1.165) is 0 Å². The van der Waals surface area contributed by atoms with Gasteiger partial charge in [0, 0.05) is 12.1 Å². The van der Waals surface area contributed by atoms with E-state index in [9.17, 15) is 14.4 Å². The van der Waals surface area contributed by atoms with Gasteiger partial charge in [0.25, 0.3) is 5.91 Å². The van der Waals surface area contributed by atoms with E-state index in [4.69, 9.17) is 5.11 Å². The lowest BCUT2D eigenvalue weighted by Crippen LogP contribution is -2.48. The van der Waals surface area contributed by atoms with Crippen LogP contribution in [0.2, 0.25) is 0 Å². The quantitative estimate of drug-likeness (QED) is 0.654. The van der Waals surface area contributed by atoms with Crippen LogP contribution in [0.5, 0.6) is 0 Å². The lowest BCUT2D eigenvalue weighted by Gasteiger charge is -2.15. The van der Waals surface area contributed by atoms with Crippen molar-refractivity contribution in [3.8, 4) is 0 Å². The predicted octanol–water partition coefficient (Wildman–Crippen LogP) is 1.01. The first-order chi connectivity index (χ1) is 9.45. The van der Waals surface area contributed by atoms with Gasteiger partial charge in [-0.2, -0.15) is 0 Å². The van der Waals surface area contributed by atoms with E-state index >= 15 is 0 Å². The number of carboxylic acids is 1. The molecule has 0 saturated carbocycles. The fourth-order valence-corrected chi connectivity index (χ4v) is 1.95. The Kier molecular flexibility index (Phi) is 5.92. The van der Waals surface area contributed by atoms with Crippen molar-refractivity contribution < 1.29 is 19.5 Å². The predicted molar refractivity (Wildman–Crippen MR) is 75.6 cm³/mol. The van der Waals surface area contributed by atoms with Gasteiger partial charge < -0.3 is 15.7 Å². The van der Waals surface area contributed by atoms with E-state index in [-0.39, 0.29) is 12.5 Å². The van der Waals surface area contributed by atoms with Crippen LogP contribution in [0.3, 0.4) is 0 Å². The number of carbonyl (C=O) groups is 3. The summed E-state index contributed by atoms with van der Waals surface area (Å²) in [5.41, 5.74) is 0.292. The molecule has 0 radical (unpaired) electrons. The zero-order valence-corrected chi connectivity index (χ0v) is 11.8. The van der Waals surface area contributed by atoms with Gasteiger partial charge in [0.15, 0.2) is 0 Å². The van der Waals surface area contributed by atoms with E-state index in [1.165, 1.54) is 11.3 Å². The van der Waals surface area contributed by atoms with E-state index < -0.39 is 17.9 Å². The van der Waals surface area contributed by atoms with E-state index in [1.807, 2.05) is 0 Å². The number of aliphatic carboxylic acids is 1.